The molecule has 0 radical (unpaired) electrons. The maximum absolute atomic E-state index is 12.4. The van der Waals surface area contributed by atoms with E-state index in [1.54, 1.807) is 25.4 Å². The fourth-order valence-corrected chi connectivity index (χ4v) is 2.91. The molecule has 0 saturated carbocycles. The van der Waals surface area contributed by atoms with Crippen molar-refractivity contribution in [3.05, 3.63) is 34.2 Å². The first-order valence-electron chi connectivity index (χ1n) is 7.86. The molecule has 122 valence electrons. The minimum absolute atomic E-state index is 0.153. The topological polar surface area (TPSA) is 54.3 Å². The Bertz CT molecular complexity index is 605. The van der Waals surface area contributed by atoms with E-state index in [2.05, 4.69) is 37.9 Å². The quantitative estimate of drug-likeness (QED) is 0.906. The summed E-state index contributed by atoms with van der Waals surface area (Å²) in [5, 5.41) is 3.07. The third-order valence-electron chi connectivity index (χ3n) is 4.60. The van der Waals surface area contributed by atoms with Crippen LogP contribution in [-0.2, 0) is 7.05 Å². The fourth-order valence-electron chi connectivity index (χ4n) is 2.91. The molecule has 0 aliphatic carbocycles. The van der Waals surface area contributed by atoms with Crippen LogP contribution in [0.5, 0.6) is 0 Å². The van der Waals surface area contributed by atoms with Gasteiger partial charge in [-0.15, -0.1) is 0 Å². The second-order valence-corrected chi connectivity index (χ2v) is 7.51. The molecule has 0 unspecified atom stereocenters. The third kappa shape index (κ3) is 3.58. The van der Waals surface area contributed by atoms with Crippen molar-refractivity contribution in [2.45, 2.75) is 51.6 Å². The van der Waals surface area contributed by atoms with E-state index in [0.717, 1.165) is 25.9 Å². The monoisotopic (exact) mass is 305 g/mol. The zero-order chi connectivity index (χ0) is 16.5. The molecule has 0 spiro atoms. The summed E-state index contributed by atoms with van der Waals surface area (Å²) in [7, 11) is 1.66. The SMILES string of the molecule is Cn1cccc(C(=O)NC2(C)CCN(C(C)(C)C)CC2)c1=O. The number of nitrogens with one attached hydrogen (secondary N) is 1. The van der Waals surface area contributed by atoms with Crippen LogP contribution in [0, 0.1) is 0 Å². The molecular weight excluding hydrogens is 278 g/mol. The number of hydrogen-bond acceptors (Lipinski definition) is 3. The van der Waals surface area contributed by atoms with Gasteiger partial charge in [0.25, 0.3) is 11.5 Å². The van der Waals surface area contributed by atoms with E-state index in [-0.39, 0.29) is 28.1 Å². The molecular formula is C17H27N3O2. The van der Waals surface area contributed by atoms with Crippen LogP contribution in [0.2, 0.25) is 0 Å². The molecule has 1 aromatic heterocycles. The predicted molar refractivity (Wildman–Crippen MR) is 88.1 cm³/mol. The Hall–Kier alpha value is -1.62. The minimum Gasteiger partial charge on any atom is -0.347 e. The number of carbonyl (C=O) groups excluding carboxylic acids is 1. The lowest BCUT2D eigenvalue weighted by Gasteiger charge is -2.45. The van der Waals surface area contributed by atoms with Gasteiger partial charge in [0.2, 0.25) is 0 Å². The van der Waals surface area contributed by atoms with E-state index in [1.807, 2.05) is 0 Å². The molecule has 1 fully saturated rings. The van der Waals surface area contributed by atoms with Crippen LogP contribution in [0.1, 0.15) is 50.9 Å². The fraction of sp³-hybridized carbons (Fsp3) is 0.647. The van der Waals surface area contributed by atoms with Gasteiger partial charge in [-0.2, -0.15) is 0 Å². The third-order valence-corrected chi connectivity index (χ3v) is 4.60. The van der Waals surface area contributed by atoms with Crippen molar-refractivity contribution in [3.8, 4) is 0 Å². The van der Waals surface area contributed by atoms with Crippen molar-refractivity contribution in [2.75, 3.05) is 13.1 Å². The Morgan fingerprint density at radius 3 is 2.41 bits per heavy atom. The van der Waals surface area contributed by atoms with Crippen LogP contribution in [-0.4, -0.2) is 39.5 Å². The highest BCUT2D eigenvalue weighted by atomic mass is 16.2. The van der Waals surface area contributed by atoms with Gasteiger partial charge >= 0.3 is 0 Å². The Labute approximate surface area is 132 Å². The average molecular weight is 305 g/mol. The predicted octanol–water partition coefficient (Wildman–Crippen LogP) is 1.77. The number of likely N-dealkylation sites (tertiary alicyclic amines) is 1. The van der Waals surface area contributed by atoms with E-state index in [1.165, 1.54) is 4.57 Å². The summed E-state index contributed by atoms with van der Waals surface area (Å²) >= 11 is 0. The smallest absolute Gasteiger partial charge is 0.263 e. The van der Waals surface area contributed by atoms with Crippen LogP contribution in [0.25, 0.3) is 0 Å². The molecule has 1 aliphatic rings. The molecule has 5 heteroatoms. The van der Waals surface area contributed by atoms with Gasteiger partial charge < -0.3 is 9.88 Å². The largest absolute Gasteiger partial charge is 0.347 e. The molecule has 2 heterocycles. The Balaban J connectivity index is 2.06. The van der Waals surface area contributed by atoms with Crippen LogP contribution in [0.3, 0.4) is 0 Å². The highest BCUT2D eigenvalue weighted by Gasteiger charge is 2.35. The Morgan fingerprint density at radius 1 is 1.27 bits per heavy atom. The summed E-state index contributed by atoms with van der Waals surface area (Å²) in [5.41, 5.74) is -0.138. The number of piperidine rings is 1. The zero-order valence-electron chi connectivity index (χ0n) is 14.3. The second kappa shape index (κ2) is 5.88. The minimum atomic E-state index is -0.270. The van der Waals surface area contributed by atoms with Gasteiger partial charge in [-0.3, -0.25) is 14.5 Å². The van der Waals surface area contributed by atoms with Crippen molar-refractivity contribution in [2.24, 2.45) is 7.05 Å². The van der Waals surface area contributed by atoms with Gasteiger partial charge in [0.1, 0.15) is 5.56 Å². The van der Waals surface area contributed by atoms with Crippen LogP contribution < -0.4 is 10.9 Å². The normalized spacial score (nSPS) is 19.0. The first-order valence-corrected chi connectivity index (χ1v) is 7.86. The standard InChI is InChI=1S/C17H27N3O2/c1-16(2,3)20-11-8-17(4,9-12-20)18-14(21)13-7-6-10-19(5)15(13)22/h6-7,10H,8-9,11-12H2,1-5H3,(H,18,21). The van der Waals surface area contributed by atoms with E-state index < -0.39 is 0 Å². The highest BCUT2D eigenvalue weighted by Crippen LogP contribution is 2.26. The number of aromatic nitrogens is 1. The highest BCUT2D eigenvalue weighted by molar-refractivity contribution is 5.94. The van der Waals surface area contributed by atoms with E-state index in [9.17, 15) is 9.59 Å². The lowest BCUT2D eigenvalue weighted by molar-refractivity contribution is 0.0614. The zero-order valence-corrected chi connectivity index (χ0v) is 14.3. The van der Waals surface area contributed by atoms with E-state index in [0.29, 0.717) is 0 Å². The van der Waals surface area contributed by atoms with Crippen LogP contribution >= 0.6 is 0 Å². The van der Waals surface area contributed by atoms with E-state index in [4.69, 9.17) is 0 Å². The van der Waals surface area contributed by atoms with E-state index >= 15 is 0 Å². The van der Waals surface area contributed by atoms with Crippen molar-refractivity contribution >= 4 is 5.91 Å². The van der Waals surface area contributed by atoms with Gasteiger partial charge in [0, 0.05) is 37.4 Å². The van der Waals surface area contributed by atoms with Gasteiger partial charge in [-0.25, -0.2) is 0 Å². The molecule has 0 aromatic carbocycles. The maximum atomic E-state index is 12.4. The van der Waals surface area contributed by atoms with Gasteiger partial charge in [0.15, 0.2) is 0 Å². The lowest BCUT2D eigenvalue weighted by Crippen LogP contribution is -2.57. The number of amides is 1. The molecule has 22 heavy (non-hydrogen) atoms. The molecule has 1 aromatic rings. The van der Waals surface area contributed by atoms with Gasteiger partial charge in [0.05, 0.1) is 0 Å². The summed E-state index contributed by atoms with van der Waals surface area (Å²) in [5.74, 6) is -0.270. The van der Waals surface area contributed by atoms with Crippen molar-refractivity contribution in [1.82, 2.24) is 14.8 Å². The van der Waals surface area contributed by atoms with Crippen molar-refractivity contribution in [1.29, 1.82) is 0 Å². The summed E-state index contributed by atoms with van der Waals surface area (Å²) < 4.78 is 1.43. The Morgan fingerprint density at radius 2 is 1.86 bits per heavy atom. The van der Waals surface area contributed by atoms with Crippen molar-refractivity contribution < 1.29 is 4.79 Å². The number of nitrogens with zero attached hydrogens (tertiary/aromatic N) is 2. The number of hydrogen-bond donors (Lipinski definition) is 1. The summed E-state index contributed by atoms with van der Waals surface area (Å²) in [6, 6.07) is 3.31. The number of pyridine rings is 1. The molecule has 5 nitrogen and oxygen atoms in total. The molecule has 1 saturated heterocycles. The van der Waals surface area contributed by atoms with Crippen molar-refractivity contribution in [3.63, 3.8) is 0 Å². The second-order valence-electron chi connectivity index (χ2n) is 7.51. The summed E-state index contributed by atoms with van der Waals surface area (Å²) in [4.78, 5) is 26.9. The number of carbonyl (C=O) groups is 1. The van der Waals surface area contributed by atoms with Gasteiger partial charge in [-0.1, -0.05) is 0 Å². The van der Waals surface area contributed by atoms with Crippen LogP contribution in [0.4, 0.5) is 0 Å². The molecule has 1 amide bonds. The Kier molecular flexibility index (Phi) is 4.47. The molecule has 1 N–H and O–H groups in total. The average Bonchev–Trinajstić information content (AvgIpc) is 2.40. The first kappa shape index (κ1) is 16.7. The molecule has 2 rings (SSSR count). The summed E-state index contributed by atoms with van der Waals surface area (Å²) in [6.07, 6.45) is 3.44. The number of rotatable bonds is 2. The summed E-state index contributed by atoms with van der Waals surface area (Å²) in [6.45, 7) is 10.6. The van der Waals surface area contributed by atoms with Gasteiger partial charge in [-0.05, 0) is 52.7 Å². The lowest BCUT2D eigenvalue weighted by atomic mass is 9.87. The molecule has 1 aliphatic heterocycles. The molecule has 0 bridgehead atoms. The maximum Gasteiger partial charge on any atom is 0.263 e. The molecule has 0 atom stereocenters. The number of aryl methyl sites for hydroxylation is 1. The van der Waals surface area contributed by atoms with Crippen LogP contribution in [0.15, 0.2) is 23.1 Å². The first-order chi connectivity index (χ1) is 10.1.